The van der Waals surface area contributed by atoms with Crippen molar-refractivity contribution in [3.05, 3.63) is 0 Å². The van der Waals surface area contributed by atoms with Crippen molar-refractivity contribution >= 4 is 31.8 Å². The van der Waals surface area contributed by atoms with E-state index in [1.54, 1.807) is 0 Å². The van der Waals surface area contributed by atoms with Crippen LogP contribution in [0.4, 0.5) is 0 Å². The number of thioether (sulfide) groups is 2. The maximum atomic E-state index is 6.67. The van der Waals surface area contributed by atoms with E-state index < -0.39 is 8.32 Å². The Morgan fingerprint density at radius 2 is 1.52 bits per heavy atom. The van der Waals surface area contributed by atoms with E-state index in [0.29, 0.717) is 17.8 Å². The van der Waals surface area contributed by atoms with Gasteiger partial charge in [0.2, 0.25) is 0 Å². The molecule has 1 fully saturated rings. The molecule has 1 rings (SSSR count). The molecule has 4 atom stereocenters. The summed E-state index contributed by atoms with van der Waals surface area (Å²) in [5.41, 5.74) is 0. The fourth-order valence-corrected chi connectivity index (χ4v) is 6.68. The Labute approximate surface area is 141 Å². The minimum absolute atomic E-state index is 0.0944. The van der Waals surface area contributed by atoms with Gasteiger partial charge in [0.05, 0.1) is 12.7 Å². The topological polar surface area (TPSA) is 18.5 Å². The largest absolute Gasteiger partial charge is 0.415 e. The lowest BCUT2D eigenvalue weighted by Gasteiger charge is -2.51. The van der Waals surface area contributed by atoms with Gasteiger partial charge in [-0.05, 0) is 43.0 Å². The Hall–Kier alpha value is 0.837. The van der Waals surface area contributed by atoms with Gasteiger partial charge in [0, 0.05) is 5.92 Å². The molecule has 21 heavy (non-hydrogen) atoms. The third kappa shape index (κ3) is 5.16. The highest BCUT2D eigenvalue weighted by Crippen LogP contribution is 2.53. The van der Waals surface area contributed by atoms with Gasteiger partial charge in [-0.2, -0.15) is 0 Å². The predicted molar refractivity (Wildman–Crippen MR) is 101 cm³/mol. The molecule has 0 saturated carbocycles. The molecule has 0 bridgehead atoms. The van der Waals surface area contributed by atoms with Gasteiger partial charge in [-0.25, -0.2) is 0 Å². The van der Waals surface area contributed by atoms with E-state index in [9.17, 15) is 0 Å². The highest BCUT2D eigenvalue weighted by atomic mass is 32.2. The first-order valence-electron chi connectivity index (χ1n) is 8.26. The van der Waals surface area contributed by atoms with Gasteiger partial charge in [-0.15, -0.1) is 23.5 Å². The quantitative estimate of drug-likeness (QED) is 0.457. The number of hydrogen-bond acceptors (Lipinski definition) is 4. The van der Waals surface area contributed by atoms with Crippen molar-refractivity contribution in [2.24, 2.45) is 17.8 Å². The molecule has 5 heteroatoms. The van der Waals surface area contributed by atoms with E-state index >= 15 is 0 Å². The second-order valence-corrected chi connectivity index (χ2v) is 14.8. The fraction of sp³-hybridized carbons (Fsp3) is 1.00. The van der Waals surface area contributed by atoms with E-state index in [4.69, 9.17) is 9.16 Å². The van der Waals surface area contributed by atoms with Crippen LogP contribution in [0.5, 0.6) is 0 Å². The number of hydrogen-bond donors (Lipinski definition) is 0. The molecular weight excluding hydrogens is 316 g/mol. The van der Waals surface area contributed by atoms with Crippen molar-refractivity contribution in [1.82, 2.24) is 0 Å². The van der Waals surface area contributed by atoms with Crippen LogP contribution < -0.4 is 0 Å². The zero-order valence-electron chi connectivity index (χ0n) is 15.1. The third-order valence-electron chi connectivity index (χ3n) is 4.45. The summed E-state index contributed by atoms with van der Waals surface area (Å²) in [4.78, 5) is 0. The molecule has 1 heterocycles. The molecule has 126 valence electrons. The van der Waals surface area contributed by atoms with Crippen LogP contribution in [0, 0.1) is 17.8 Å². The van der Waals surface area contributed by atoms with Crippen LogP contribution in [0.25, 0.3) is 0 Å². The number of ether oxygens (including phenoxy) is 1. The molecule has 0 aromatic heterocycles. The Kier molecular flexibility index (Phi) is 7.66. The van der Waals surface area contributed by atoms with Crippen molar-refractivity contribution in [3.63, 3.8) is 0 Å². The smallest absolute Gasteiger partial charge is 0.183 e. The summed E-state index contributed by atoms with van der Waals surface area (Å²) in [5.74, 6) is 3.97. The maximum Gasteiger partial charge on any atom is 0.183 e. The predicted octanol–water partition coefficient (Wildman–Crippen LogP) is 5.31. The zero-order valence-corrected chi connectivity index (χ0v) is 17.7. The van der Waals surface area contributed by atoms with Crippen molar-refractivity contribution in [2.45, 2.75) is 64.6 Å². The van der Waals surface area contributed by atoms with Crippen molar-refractivity contribution in [1.29, 1.82) is 0 Å². The molecule has 0 aromatic rings. The summed E-state index contributed by atoms with van der Waals surface area (Å²) in [5, 5.41) is 0. The second-order valence-electron chi connectivity index (χ2n) is 7.06. The molecule has 1 aliphatic heterocycles. The molecule has 1 aliphatic rings. The summed E-state index contributed by atoms with van der Waals surface area (Å²) >= 11 is 3.94. The summed E-state index contributed by atoms with van der Waals surface area (Å²) in [6, 6.07) is 0. The lowest BCUT2D eigenvalue weighted by atomic mass is 9.79. The number of rotatable bonds is 7. The van der Waals surface area contributed by atoms with Crippen molar-refractivity contribution in [2.75, 3.05) is 18.1 Å². The first-order valence-corrected chi connectivity index (χ1v) is 13.6. The van der Waals surface area contributed by atoms with E-state index in [-0.39, 0.29) is 10.4 Å². The maximum absolute atomic E-state index is 6.67. The first-order chi connectivity index (χ1) is 9.67. The van der Waals surface area contributed by atoms with Gasteiger partial charge < -0.3 is 9.16 Å². The Morgan fingerprint density at radius 1 is 1.00 bits per heavy atom. The summed E-state index contributed by atoms with van der Waals surface area (Å²) in [6.07, 6.45) is 0.223. The molecule has 0 aromatic carbocycles. The van der Waals surface area contributed by atoms with E-state index in [0.717, 1.165) is 18.1 Å². The van der Waals surface area contributed by atoms with Gasteiger partial charge >= 0.3 is 0 Å². The Balaban J connectivity index is 2.89. The van der Waals surface area contributed by atoms with Gasteiger partial charge in [0.25, 0.3) is 0 Å². The molecule has 0 N–H and O–H groups in total. The average molecular weight is 351 g/mol. The van der Waals surface area contributed by atoms with Crippen LogP contribution in [0.2, 0.25) is 19.6 Å². The first kappa shape index (κ1) is 19.9. The summed E-state index contributed by atoms with van der Waals surface area (Å²) < 4.78 is 12.7. The van der Waals surface area contributed by atoms with Crippen molar-refractivity contribution in [3.8, 4) is 0 Å². The summed E-state index contributed by atoms with van der Waals surface area (Å²) in [7, 11) is -1.49. The highest BCUT2D eigenvalue weighted by Gasteiger charge is 2.49. The van der Waals surface area contributed by atoms with Crippen LogP contribution >= 0.6 is 23.5 Å². The lowest BCUT2D eigenvalue weighted by molar-refractivity contribution is -0.124. The molecule has 0 aliphatic carbocycles. The minimum atomic E-state index is -1.49. The van der Waals surface area contributed by atoms with Gasteiger partial charge in [-0.1, -0.05) is 34.6 Å². The Bertz CT molecular complexity index is 314. The van der Waals surface area contributed by atoms with Gasteiger partial charge in [0.1, 0.15) is 0 Å². The molecule has 1 saturated heterocycles. The zero-order chi connectivity index (χ0) is 16.3. The molecule has 0 amide bonds. The molecular formula is C16H34O2S2Si. The SMILES string of the molecule is CCSC1(SCC)OC(CO[Si](C)(C)C)[C@@H](C)[C@H](C)C1C. The van der Waals surface area contributed by atoms with Gasteiger partial charge in [0.15, 0.2) is 12.6 Å². The normalized spacial score (nSPS) is 33.1. The van der Waals surface area contributed by atoms with Crippen LogP contribution in [-0.4, -0.2) is 36.8 Å². The molecule has 2 nitrogen and oxygen atoms in total. The standard InChI is InChI=1S/C16H34O2S2Si/c1-9-19-16(20-10-2)14(5)12(3)13(4)15(18-16)11-17-21(6,7)8/h12-15H,9-11H2,1-8H3/t12-,13-,14?,15?/m0/s1. The van der Waals surface area contributed by atoms with E-state index in [2.05, 4.69) is 54.3 Å². The van der Waals surface area contributed by atoms with Crippen molar-refractivity contribution < 1.29 is 9.16 Å². The summed E-state index contributed by atoms with van der Waals surface area (Å²) in [6.45, 7) is 19.1. The van der Waals surface area contributed by atoms with E-state index in [1.807, 2.05) is 23.5 Å². The van der Waals surface area contributed by atoms with Crippen LogP contribution in [0.1, 0.15) is 34.6 Å². The Morgan fingerprint density at radius 3 is 1.95 bits per heavy atom. The monoisotopic (exact) mass is 350 g/mol. The molecule has 0 spiro atoms. The lowest BCUT2D eigenvalue weighted by Crippen LogP contribution is -2.52. The van der Waals surface area contributed by atoms with Crippen LogP contribution in [0.15, 0.2) is 0 Å². The molecule has 0 radical (unpaired) electrons. The van der Waals surface area contributed by atoms with Crippen LogP contribution in [-0.2, 0) is 9.16 Å². The second kappa shape index (κ2) is 8.09. The van der Waals surface area contributed by atoms with E-state index in [1.165, 1.54) is 0 Å². The van der Waals surface area contributed by atoms with Gasteiger partial charge in [-0.3, -0.25) is 0 Å². The minimum Gasteiger partial charge on any atom is -0.415 e. The highest BCUT2D eigenvalue weighted by molar-refractivity contribution is 8.18. The van der Waals surface area contributed by atoms with Crippen LogP contribution in [0.3, 0.4) is 0 Å². The molecule has 2 unspecified atom stereocenters. The third-order valence-corrected chi connectivity index (χ3v) is 8.51. The fourth-order valence-electron chi connectivity index (χ4n) is 2.83. The average Bonchev–Trinajstić information content (AvgIpc) is 2.39.